The first kappa shape index (κ1) is 19.1. The van der Waals surface area contributed by atoms with Gasteiger partial charge in [-0.2, -0.15) is 0 Å². The van der Waals surface area contributed by atoms with Crippen LogP contribution in [0.3, 0.4) is 0 Å². The molecule has 4 rings (SSSR count). The maximum absolute atomic E-state index is 12.6. The van der Waals surface area contributed by atoms with E-state index >= 15 is 0 Å². The van der Waals surface area contributed by atoms with Crippen LogP contribution < -0.4 is 5.32 Å². The van der Waals surface area contributed by atoms with Crippen molar-refractivity contribution in [3.05, 3.63) is 87.8 Å². The van der Waals surface area contributed by atoms with Gasteiger partial charge < -0.3 is 8.38 Å². The molecule has 0 fully saturated rings. The molecular formula is C22H18INO3S. The van der Waals surface area contributed by atoms with Gasteiger partial charge in [0.1, 0.15) is 5.00 Å². The van der Waals surface area contributed by atoms with Gasteiger partial charge in [-0.05, 0) is 59.4 Å². The summed E-state index contributed by atoms with van der Waals surface area (Å²) in [6.07, 6.45) is 2.85. The summed E-state index contributed by atoms with van der Waals surface area (Å²) in [6.45, 7) is 0. The summed E-state index contributed by atoms with van der Waals surface area (Å²) in [5.74, 6) is -0.413. The number of hydrogen-bond acceptors (Lipinski definition) is 4. The molecule has 0 aliphatic heterocycles. The number of anilines is 1. The Morgan fingerprint density at radius 3 is 2.50 bits per heavy atom. The van der Waals surface area contributed by atoms with Crippen LogP contribution in [0.5, 0.6) is 0 Å². The van der Waals surface area contributed by atoms with Gasteiger partial charge in [0.2, 0.25) is 0 Å². The Morgan fingerprint density at radius 1 is 1.04 bits per heavy atom. The molecule has 142 valence electrons. The van der Waals surface area contributed by atoms with Crippen molar-refractivity contribution >= 4 is 51.2 Å². The average molecular weight is 503 g/mol. The fourth-order valence-electron chi connectivity index (χ4n) is 3.74. The second-order valence-corrected chi connectivity index (χ2v) is 8.11. The number of carbonyl (C=O) groups is 2. The molecule has 0 bridgehead atoms. The maximum Gasteiger partial charge on any atom is 0.350 e. The number of halogens is 1. The van der Waals surface area contributed by atoms with Crippen LogP contribution in [0.2, 0.25) is 0 Å². The van der Waals surface area contributed by atoms with Crippen molar-refractivity contribution in [2.45, 2.75) is 25.2 Å². The molecule has 6 heteroatoms. The van der Waals surface area contributed by atoms with Crippen molar-refractivity contribution in [1.29, 1.82) is 0 Å². The van der Waals surface area contributed by atoms with Crippen molar-refractivity contribution in [3.63, 3.8) is 0 Å². The molecule has 1 aromatic heterocycles. The molecule has 2 aromatic carbocycles. The Balaban J connectivity index is 1.64. The molecule has 0 saturated heterocycles. The van der Waals surface area contributed by atoms with Gasteiger partial charge >= 0.3 is 5.97 Å². The van der Waals surface area contributed by atoms with E-state index in [-0.39, 0.29) is 11.8 Å². The average Bonchev–Trinajstić information content (AvgIpc) is 3.17. The van der Waals surface area contributed by atoms with Crippen LogP contribution >= 0.6 is 34.3 Å². The first-order chi connectivity index (χ1) is 13.7. The molecule has 1 amide bonds. The summed E-state index contributed by atoms with van der Waals surface area (Å²) in [6, 6.07) is 17.4. The molecule has 1 N–H and O–H groups in total. The second kappa shape index (κ2) is 8.45. The fraction of sp³-hybridized carbons (Fsp3) is 0.182. The number of fused-ring (bicyclic) bond motifs is 1. The lowest BCUT2D eigenvalue weighted by Crippen LogP contribution is -2.17. The minimum Gasteiger partial charge on any atom is -0.391 e. The lowest BCUT2D eigenvalue weighted by atomic mass is 9.80. The summed E-state index contributed by atoms with van der Waals surface area (Å²) in [5, 5.41) is 5.43. The topological polar surface area (TPSA) is 55.4 Å². The number of hydrogen-bond donors (Lipinski definition) is 1. The van der Waals surface area contributed by atoms with Crippen LogP contribution in [0.25, 0.3) is 0 Å². The molecule has 28 heavy (non-hydrogen) atoms. The third-order valence-corrected chi connectivity index (χ3v) is 6.46. The third-order valence-electron chi connectivity index (χ3n) is 5.14. The first-order valence-corrected chi connectivity index (χ1v) is 10.8. The second-order valence-electron chi connectivity index (χ2n) is 6.79. The minimum absolute atomic E-state index is 0.231. The summed E-state index contributed by atoms with van der Waals surface area (Å²) >= 11 is 2.99. The van der Waals surface area contributed by atoms with E-state index in [0.717, 1.165) is 24.8 Å². The molecule has 0 saturated carbocycles. The molecule has 0 radical (unpaired) electrons. The molecule has 3 aromatic rings. The van der Waals surface area contributed by atoms with E-state index in [1.54, 1.807) is 35.1 Å². The van der Waals surface area contributed by atoms with Gasteiger partial charge in [-0.15, -0.1) is 11.3 Å². The van der Waals surface area contributed by atoms with E-state index in [1.165, 1.54) is 22.5 Å². The van der Waals surface area contributed by atoms with Crippen LogP contribution in [0.15, 0.2) is 60.0 Å². The van der Waals surface area contributed by atoms with E-state index in [2.05, 4.69) is 29.6 Å². The Labute approximate surface area is 181 Å². The van der Waals surface area contributed by atoms with Crippen molar-refractivity contribution in [2.24, 2.45) is 0 Å². The number of amides is 1. The number of carbonyl (C=O) groups excluding carboxylic acids is 2. The first-order valence-electron chi connectivity index (χ1n) is 9.05. The molecule has 0 spiro atoms. The number of benzene rings is 2. The predicted octanol–water partition coefficient (Wildman–Crippen LogP) is 5.78. The van der Waals surface area contributed by atoms with E-state index < -0.39 is 5.97 Å². The van der Waals surface area contributed by atoms with Gasteiger partial charge in [-0.25, -0.2) is 4.79 Å². The number of thiophene rings is 1. The summed E-state index contributed by atoms with van der Waals surface area (Å²) < 4.78 is 5.01. The van der Waals surface area contributed by atoms with Crippen molar-refractivity contribution in [2.75, 3.05) is 5.32 Å². The SMILES string of the molecule is O=C(Nc1scc(C2CCc3ccccc3C2)c1C(=O)OI)c1ccccc1. The lowest BCUT2D eigenvalue weighted by molar-refractivity contribution is 0.0800. The van der Waals surface area contributed by atoms with Crippen molar-refractivity contribution < 1.29 is 12.7 Å². The van der Waals surface area contributed by atoms with Crippen LogP contribution in [0.4, 0.5) is 5.00 Å². The normalized spacial score (nSPS) is 15.5. The molecule has 4 nitrogen and oxygen atoms in total. The maximum atomic E-state index is 12.6. The largest absolute Gasteiger partial charge is 0.391 e. The summed E-state index contributed by atoms with van der Waals surface area (Å²) in [5.41, 5.74) is 4.70. The highest BCUT2D eigenvalue weighted by atomic mass is 127. The lowest BCUT2D eigenvalue weighted by Gasteiger charge is -2.25. The predicted molar refractivity (Wildman–Crippen MR) is 119 cm³/mol. The molecule has 1 heterocycles. The van der Waals surface area contributed by atoms with E-state index in [4.69, 9.17) is 3.07 Å². The van der Waals surface area contributed by atoms with Gasteiger partial charge in [-0.3, -0.25) is 4.79 Å². The molecule has 1 aliphatic rings. The molecular weight excluding hydrogens is 485 g/mol. The van der Waals surface area contributed by atoms with Gasteiger partial charge in [0.05, 0.1) is 5.56 Å². The standard InChI is InChI=1S/C22H18INO3S/c23-27-22(26)19-18(17-11-10-14-6-4-5-9-16(14)12-17)13-28-21(19)24-20(25)15-7-2-1-3-8-15/h1-9,13,17H,10-12H2,(H,24,25). The smallest absolute Gasteiger partial charge is 0.350 e. The summed E-state index contributed by atoms with van der Waals surface area (Å²) in [7, 11) is 0. The molecule has 1 aliphatic carbocycles. The van der Waals surface area contributed by atoms with Gasteiger partial charge in [0.15, 0.2) is 23.0 Å². The zero-order valence-corrected chi connectivity index (χ0v) is 18.0. The quantitative estimate of drug-likeness (QED) is 0.460. The monoisotopic (exact) mass is 503 g/mol. The van der Waals surface area contributed by atoms with E-state index in [1.807, 2.05) is 23.6 Å². The third kappa shape index (κ3) is 3.84. The number of nitrogens with one attached hydrogen (secondary N) is 1. The Hall–Kier alpha value is -2.19. The van der Waals surface area contributed by atoms with Crippen LogP contribution in [-0.2, 0) is 15.9 Å². The Kier molecular flexibility index (Phi) is 5.77. The number of aryl methyl sites for hydroxylation is 1. The highest BCUT2D eigenvalue weighted by Gasteiger charge is 2.29. The highest BCUT2D eigenvalue weighted by molar-refractivity contribution is 14.1. The van der Waals surface area contributed by atoms with Crippen molar-refractivity contribution in [1.82, 2.24) is 0 Å². The van der Waals surface area contributed by atoms with Crippen LogP contribution in [0, 0.1) is 0 Å². The minimum atomic E-state index is -0.418. The van der Waals surface area contributed by atoms with E-state index in [9.17, 15) is 9.59 Å². The zero-order chi connectivity index (χ0) is 19.5. The number of rotatable bonds is 4. The van der Waals surface area contributed by atoms with Gasteiger partial charge in [0.25, 0.3) is 5.91 Å². The highest BCUT2D eigenvalue weighted by Crippen LogP contribution is 2.40. The van der Waals surface area contributed by atoms with Gasteiger partial charge in [0, 0.05) is 5.56 Å². The van der Waals surface area contributed by atoms with Crippen LogP contribution in [-0.4, -0.2) is 11.9 Å². The zero-order valence-electron chi connectivity index (χ0n) is 15.0. The fourth-order valence-corrected chi connectivity index (χ4v) is 4.99. The van der Waals surface area contributed by atoms with E-state index in [0.29, 0.717) is 16.1 Å². The van der Waals surface area contributed by atoms with Crippen LogP contribution in [0.1, 0.15) is 49.7 Å². The summed E-state index contributed by atoms with van der Waals surface area (Å²) in [4.78, 5) is 25.1. The molecule has 1 unspecified atom stereocenters. The Morgan fingerprint density at radius 2 is 1.75 bits per heavy atom. The Bertz CT molecular complexity index is 1020. The van der Waals surface area contributed by atoms with Crippen molar-refractivity contribution in [3.8, 4) is 0 Å². The molecule has 1 atom stereocenters. The van der Waals surface area contributed by atoms with Gasteiger partial charge in [-0.1, -0.05) is 42.5 Å².